The van der Waals surface area contributed by atoms with Crippen molar-refractivity contribution in [1.82, 2.24) is 10.3 Å². The van der Waals surface area contributed by atoms with Crippen molar-refractivity contribution in [3.05, 3.63) is 29.6 Å². The third-order valence-corrected chi connectivity index (χ3v) is 3.71. The molecule has 0 spiro atoms. The van der Waals surface area contributed by atoms with Crippen LogP contribution < -0.4 is 5.32 Å². The summed E-state index contributed by atoms with van der Waals surface area (Å²) in [6.07, 6.45) is 7.16. The summed E-state index contributed by atoms with van der Waals surface area (Å²) in [7, 11) is 0. The van der Waals surface area contributed by atoms with E-state index in [1.54, 1.807) is 0 Å². The molecule has 18 heavy (non-hydrogen) atoms. The van der Waals surface area contributed by atoms with E-state index < -0.39 is 5.60 Å². The second-order valence-electron chi connectivity index (χ2n) is 5.62. The number of rotatable bonds is 5. The molecule has 1 aliphatic carbocycles. The summed E-state index contributed by atoms with van der Waals surface area (Å²) in [4.78, 5) is 4.50. The number of aryl methyl sites for hydroxylation is 1. The zero-order valence-corrected chi connectivity index (χ0v) is 11.4. The summed E-state index contributed by atoms with van der Waals surface area (Å²) in [6.45, 7) is 4.65. The number of aromatic nitrogens is 1. The molecular weight excluding hydrogens is 224 g/mol. The first-order valence-electron chi connectivity index (χ1n) is 7.02. The Hall–Kier alpha value is -0.930. The second-order valence-corrected chi connectivity index (χ2v) is 5.62. The van der Waals surface area contributed by atoms with Crippen LogP contribution in [-0.4, -0.2) is 22.2 Å². The predicted molar refractivity (Wildman–Crippen MR) is 73.5 cm³/mol. The molecule has 2 rings (SSSR count). The van der Waals surface area contributed by atoms with Gasteiger partial charge in [0, 0.05) is 18.8 Å². The first-order valence-corrected chi connectivity index (χ1v) is 7.02. The topological polar surface area (TPSA) is 45.1 Å². The van der Waals surface area contributed by atoms with Gasteiger partial charge in [0.05, 0.1) is 11.3 Å². The van der Waals surface area contributed by atoms with Crippen LogP contribution in [0.1, 0.15) is 56.8 Å². The minimum Gasteiger partial charge on any atom is -0.389 e. The highest BCUT2D eigenvalue weighted by atomic mass is 16.3. The van der Waals surface area contributed by atoms with Gasteiger partial charge in [-0.3, -0.25) is 4.98 Å². The minimum absolute atomic E-state index is 0.304. The number of hydrogen-bond acceptors (Lipinski definition) is 3. The fourth-order valence-corrected chi connectivity index (χ4v) is 2.78. The van der Waals surface area contributed by atoms with Crippen molar-refractivity contribution in [3.63, 3.8) is 0 Å². The molecule has 0 saturated carbocycles. The molecule has 3 nitrogen and oxygen atoms in total. The molecule has 0 aliphatic heterocycles. The van der Waals surface area contributed by atoms with Crippen molar-refractivity contribution >= 4 is 0 Å². The van der Waals surface area contributed by atoms with Crippen LogP contribution in [0.25, 0.3) is 0 Å². The van der Waals surface area contributed by atoms with Gasteiger partial charge >= 0.3 is 0 Å². The van der Waals surface area contributed by atoms with Crippen LogP contribution in [0.5, 0.6) is 0 Å². The van der Waals surface area contributed by atoms with Crippen molar-refractivity contribution < 1.29 is 5.11 Å². The van der Waals surface area contributed by atoms with E-state index in [0.717, 1.165) is 25.7 Å². The molecule has 100 valence electrons. The van der Waals surface area contributed by atoms with Gasteiger partial charge in [-0.15, -0.1) is 0 Å². The first kappa shape index (κ1) is 13.5. The van der Waals surface area contributed by atoms with E-state index in [4.69, 9.17) is 0 Å². The standard InChI is InChI=1S/C15H24N2O/c1-3-9-15(2,18)11-17-13-8-4-6-12-7-5-10-16-14(12)13/h5,7,10,13,17-18H,3-4,6,8-9,11H2,1-2H3. The molecule has 1 heterocycles. The maximum absolute atomic E-state index is 10.2. The van der Waals surface area contributed by atoms with Crippen molar-refractivity contribution in [2.24, 2.45) is 0 Å². The van der Waals surface area contributed by atoms with E-state index in [0.29, 0.717) is 12.6 Å². The molecule has 0 saturated heterocycles. The fourth-order valence-electron chi connectivity index (χ4n) is 2.78. The van der Waals surface area contributed by atoms with E-state index in [2.05, 4.69) is 23.3 Å². The highest BCUT2D eigenvalue weighted by Gasteiger charge is 2.25. The highest BCUT2D eigenvalue weighted by molar-refractivity contribution is 5.25. The van der Waals surface area contributed by atoms with Crippen molar-refractivity contribution in [2.75, 3.05) is 6.54 Å². The van der Waals surface area contributed by atoms with Gasteiger partial charge in [-0.05, 0) is 44.2 Å². The molecule has 2 atom stereocenters. The van der Waals surface area contributed by atoms with E-state index in [9.17, 15) is 5.11 Å². The van der Waals surface area contributed by atoms with Gasteiger partial charge < -0.3 is 10.4 Å². The van der Waals surface area contributed by atoms with Crippen molar-refractivity contribution in [2.45, 2.75) is 57.6 Å². The molecule has 0 radical (unpaired) electrons. The van der Waals surface area contributed by atoms with Crippen LogP contribution in [0.3, 0.4) is 0 Å². The van der Waals surface area contributed by atoms with E-state index >= 15 is 0 Å². The largest absolute Gasteiger partial charge is 0.389 e. The quantitative estimate of drug-likeness (QED) is 0.842. The van der Waals surface area contributed by atoms with Crippen molar-refractivity contribution in [1.29, 1.82) is 0 Å². The number of hydrogen-bond donors (Lipinski definition) is 2. The summed E-state index contributed by atoms with van der Waals surface area (Å²) < 4.78 is 0. The zero-order valence-electron chi connectivity index (χ0n) is 11.4. The predicted octanol–water partition coefficient (Wildman–Crippen LogP) is 2.60. The Morgan fingerprint density at radius 2 is 2.39 bits per heavy atom. The number of aliphatic hydroxyl groups is 1. The maximum atomic E-state index is 10.2. The Kier molecular flexibility index (Phi) is 4.36. The van der Waals surface area contributed by atoms with Gasteiger partial charge in [0.1, 0.15) is 0 Å². The number of pyridine rings is 1. The number of fused-ring (bicyclic) bond motifs is 1. The molecule has 1 aromatic heterocycles. The lowest BCUT2D eigenvalue weighted by Crippen LogP contribution is -2.40. The van der Waals surface area contributed by atoms with Crippen LogP contribution in [-0.2, 0) is 6.42 Å². The van der Waals surface area contributed by atoms with Gasteiger partial charge in [-0.2, -0.15) is 0 Å². The molecule has 0 bridgehead atoms. The molecule has 0 fully saturated rings. The van der Waals surface area contributed by atoms with Gasteiger partial charge in [0.15, 0.2) is 0 Å². The van der Waals surface area contributed by atoms with Gasteiger partial charge in [0.25, 0.3) is 0 Å². The Labute approximate surface area is 110 Å². The summed E-state index contributed by atoms with van der Waals surface area (Å²) in [5, 5.41) is 13.7. The third kappa shape index (κ3) is 3.30. The maximum Gasteiger partial charge on any atom is 0.0743 e. The van der Waals surface area contributed by atoms with Crippen LogP contribution >= 0.6 is 0 Å². The van der Waals surface area contributed by atoms with Gasteiger partial charge in [-0.1, -0.05) is 19.4 Å². The molecule has 1 aromatic rings. The molecule has 0 aromatic carbocycles. The van der Waals surface area contributed by atoms with Crippen LogP contribution in [0.2, 0.25) is 0 Å². The number of nitrogens with one attached hydrogen (secondary N) is 1. The van der Waals surface area contributed by atoms with Crippen molar-refractivity contribution in [3.8, 4) is 0 Å². The van der Waals surface area contributed by atoms with E-state index in [1.807, 2.05) is 19.2 Å². The molecule has 2 unspecified atom stereocenters. The minimum atomic E-state index is -0.610. The fraction of sp³-hybridized carbons (Fsp3) is 0.667. The Morgan fingerprint density at radius 1 is 1.56 bits per heavy atom. The summed E-state index contributed by atoms with van der Waals surface area (Å²) in [6, 6.07) is 4.48. The Balaban J connectivity index is 1.99. The first-order chi connectivity index (χ1) is 8.62. The molecule has 3 heteroatoms. The van der Waals surface area contributed by atoms with E-state index in [-0.39, 0.29) is 0 Å². The lowest BCUT2D eigenvalue weighted by atomic mass is 9.91. The van der Waals surface area contributed by atoms with Crippen LogP contribution in [0.4, 0.5) is 0 Å². The zero-order chi connectivity index (χ0) is 13.0. The second kappa shape index (κ2) is 5.81. The summed E-state index contributed by atoms with van der Waals surface area (Å²) in [5.41, 5.74) is 1.92. The average molecular weight is 248 g/mol. The lowest BCUT2D eigenvalue weighted by Gasteiger charge is -2.30. The summed E-state index contributed by atoms with van der Waals surface area (Å²) in [5.74, 6) is 0. The van der Waals surface area contributed by atoms with E-state index in [1.165, 1.54) is 17.7 Å². The van der Waals surface area contributed by atoms with Crippen LogP contribution in [0, 0.1) is 0 Å². The smallest absolute Gasteiger partial charge is 0.0743 e. The monoisotopic (exact) mass is 248 g/mol. The molecular formula is C15H24N2O. The Morgan fingerprint density at radius 3 is 3.17 bits per heavy atom. The normalized spacial score (nSPS) is 22.3. The highest BCUT2D eigenvalue weighted by Crippen LogP contribution is 2.28. The SMILES string of the molecule is CCCC(C)(O)CNC1CCCc2cccnc21. The van der Waals surface area contributed by atoms with Gasteiger partial charge in [0.2, 0.25) is 0 Å². The molecule has 0 amide bonds. The van der Waals surface area contributed by atoms with Gasteiger partial charge in [-0.25, -0.2) is 0 Å². The van der Waals surface area contributed by atoms with Crippen LogP contribution in [0.15, 0.2) is 18.3 Å². The Bertz CT molecular complexity index is 390. The lowest BCUT2D eigenvalue weighted by molar-refractivity contribution is 0.0463. The summed E-state index contributed by atoms with van der Waals surface area (Å²) >= 11 is 0. The molecule has 2 N–H and O–H groups in total. The average Bonchev–Trinajstić information content (AvgIpc) is 2.36. The molecule has 1 aliphatic rings. The number of nitrogens with zero attached hydrogens (tertiary/aromatic N) is 1. The third-order valence-electron chi connectivity index (χ3n) is 3.71.